The normalized spacial score (nSPS) is 31.5. The minimum Gasteiger partial charge on any atom is -0.381 e. The van der Waals surface area contributed by atoms with Gasteiger partial charge < -0.3 is 4.74 Å². The van der Waals surface area contributed by atoms with E-state index in [0.717, 1.165) is 12.8 Å². The molecule has 66 valence electrons. The number of hydrogen-bond donors (Lipinski definition) is 0. The zero-order chi connectivity index (χ0) is 8.48. The SMILES string of the molecule is COC1CC(CS(=O)(=O)Cl)C1. The third-order valence-corrected chi connectivity index (χ3v) is 3.21. The van der Waals surface area contributed by atoms with Crippen LogP contribution in [0.4, 0.5) is 0 Å². The summed E-state index contributed by atoms with van der Waals surface area (Å²) in [7, 11) is 3.40. The maximum absolute atomic E-state index is 10.6. The first-order valence-electron chi connectivity index (χ1n) is 3.46. The van der Waals surface area contributed by atoms with E-state index in [1.807, 2.05) is 0 Å². The van der Waals surface area contributed by atoms with E-state index in [-0.39, 0.29) is 17.8 Å². The topological polar surface area (TPSA) is 43.4 Å². The first-order chi connectivity index (χ1) is 5.01. The van der Waals surface area contributed by atoms with Crippen LogP contribution in [-0.4, -0.2) is 27.4 Å². The van der Waals surface area contributed by atoms with E-state index in [1.165, 1.54) is 0 Å². The summed E-state index contributed by atoms with van der Waals surface area (Å²) in [6.07, 6.45) is 1.89. The first kappa shape index (κ1) is 9.29. The molecule has 0 radical (unpaired) electrons. The van der Waals surface area contributed by atoms with Gasteiger partial charge in [-0.05, 0) is 18.8 Å². The Morgan fingerprint density at radius 3 is 2.45 bits per heavy atom. The van der Waals surface area contributed by atoms with Crippen LogP contribution in [0.15, 0.2) is 0 Å². The fourth-order valence-corrected chi connectivity index (χ4v) is 2.65. The van der Waals surface area contributed by atoms with Crippen molar-refractivity contribution >= 4 is 19.7 Å². The Morgan fingerprint density at radius 1 is 1.55 bits per heavy atom. The van der Waals surface area contributed by atoms with Crippen molar-refractivity contribution in [2.75, 3.05) is 12.9 Å². The van der Waals surface area contributed by atoms with Crippen molar-refractivity contribution in [2.24, 2.45) is 5.92 Å². The number of halogens is 1. The molecule has 0 aromatic rings. The van der Waals surface area contributed by atoms with Gasteiger partial charge in [-0.3, -0.25) is 0 Å². The number of ether oxygens (including phenoxy) is 1. The summed E-state index contributed by atoms with van der Waals surface area (Å²) in [4.78, 5) is 0. The maximum atomic E-state index is 10.6. The van der Waals surface area contributed by atoms with Crippen LogP contribution in [-0.2, 0) is 13.8 Å². The van der Waals surface area contributed by atoms with Crippen LogP contribution in [0.3, 0.4) is 0 Å². The lowest BCUT2D eigenvalue weighted by Gasteiger charge is -2.32. The monoisotopic (exact) mass is 198 g/mol. The fourth-order valence-electron chi connectivity index (χ4n) is 1.28. The van der Waals surface area contributed by atoms with Crippen LogP contribution in [0.2, 0.25) is 0 Å². The quantitative estimate of drug-likeness (QED) is 0.635. The van der Waals surface area contributed by atoms with Gasteiger partial charge in [-0.15, -0.1) is 0 Å². The first-order valence-corrected chi connectivity index (χ1v) is 5.94. The average molecular weight is 199 g/mol. The lowest BCUT2D eigenvalue weighted by atomic mass is 9.84. The van der Waals surface area contributed by atoms with Crippen molar-refractivity contribution in [3.63, 3.8) is 0 Å². The predicted octanol–water partition coefficient (Wildman–Crippen LogP) is 0.980. The standard InChI is InChI=1S/C6H11ClO3S/c1-10-6-2-5(3-6)4-11(7,8)9/h5-6H,2-4H2,1H3. The lowest BCUT2D eigenvalue weighted by molar-refractivity contribution is 0.00868. The zero-order valence-corrected chi connectivity index (χ0v) is 7.86. The van der Waals surface area contributed by atoms with Crippen LogP contribution in [0.5, 0.6) is 0 Å². The van der Waals surface area contributed by atoms with E-state index in [0.29, 0.717) is 0 Å². The Labute approximate surface area is 71.1 Å². The van der Waals surface area contributed by atoms with Gasteiger partial charge in [0.2, 0.25) is 9.05 Å². The highest BCUT2D eigenvalue weighted by Gasteiger charge is 2.31. The van der Waals surface area contributed by atoms with Gasteiger partial charge in [-0.2, -0.15) is 0 Å². The molecule has 0 saturated heterocycles. The highest BCUT2D eigenvalue weighted by atomic mass is 35.7. The van der Waals surface area contributed by atoms with Crippen LogP contribution in [0.1, 0.15) is 12.8 Å². The zero-order valence-electron chi connectivity index (χ0n) is 6.29. The summed E-state index contributed by atoms with van der Waals surface area (Å²) in [6, 6.07) is 0. The molecule has 1 rings (SSSR count). The minimum atomic E-state index is -3.30. The number of hydrogen-bond acceptors (Lipinski definition) is 3. The molecule has 3 nitrogen and oxygen atoms in total. The predicted molar refractivity (Wildman–Crippen MR) is 43.2 cm³/mol. The summed E-state index contributed by atoms with van der Waals surface area (Å²) >= 11 is 0. The summed E-state index contributed by atoms with van der Waals surface area (Å²) < 4.78 is 26.1. The third kappa shape index (κ3) is 2.97. The molecule has 0 aromatic heterocycles. The van der Waals surface area contributed by atoms with E-state index in [4.69, 9.17) is 15.4 Å². The molecule has 1 fully saturated rings. The van der Waals surface area contributed by atoms with Crippen molar-refractivity contribution in [1.82, 2.24) is 0 Å². The summed E-state index contributed by atoms with van der Waals surface area (Å²) in [5.74, 6) is 0.302. The molecular formula is C6H11ClO3S. The van der Waals surface area contributed by atoms with E-state index in [1.54, 1.807) is 7.11 Å². The van der Waals surface area contributed by atoms with Crippen LogP contribution < -0.4 is 0 Å². The Morgan fingerprint density at radius 2 is 2.09 bits per heavy atom. The van der Waals surface area contributed by atoms with Crippen molar-refractivity contribution in [3.8, 4) is 0 Å². The Balaban J connectivity index is 2.24. The fraction of sp³-hybridized carbons (Fsp3) is 1.00. The van der Waals surface area contributed by atoms with Crippen molar-refractivity contribution < 1.29 is 13.2 Å². The van der Waals surface area contributed by atoms with Crippen LogP contribution in [0, 0.1) is 5.92 Å². The average Bonchev–Trinajstić information content (AvgIpc) is 1.75. The minimum absolute atomic E-state index is 0.0917. The Bertz CT molecular complexity index is 218. The van der Waals surface area contributed by atoms with Crippen LogP contribution >= 0.6 is 10.7 Å². The van der Waals surface area contributed by atoms with Gasteiger partial charge in [0.25, 0.3) is 0 Å². The highest BCUT2D eigenvalue weighted by Crippen LogP contribution is 2.31. The van der Waals surface area contributed by atoms with Gasteiger partial charge in [0.15, 0.2) is 0 Å². The number of methoxy groups -OCH3 is 1. The summed E-state index contributed by atoms with van der Waals surface area (Å²) in [6.45, 7) is 0. The van der Waals surface area contributed by atoms with E-state index in [2.05, 4.69) is 0 Å². The van der Waals surface area contributed by atoms with Gasteiger partial charge in [-0.1, -0.05) is 0 Å². The van der Waals surface area contributed by atoms with Gasteiger partial charge in [0.05, 0.1) is 11.9 Å². The third-order valence-electron chi connectivity index (χ3n) is 1.96. The molecule has 0 bridgehead atoms. The van der Waals surface area contributed by atoms with Crippen LogP contribution in [0.25, 0.3) is 0 Å². The van der Waals surface area contributed by atoms with Gasteiger partial charge in [0.1, 0.15) is 0 Å². The largest absolute Gasteiger partial charge is 0.381 e. The second kappa shape index (κ2) is 3.29. The summed E-state index contributed by atoms with van der Waals surface area (Å²) in [5, 5.41) is 0. The molecule has 1 saturated carbocycles. The molecule has 5 heteroatoms. The Hall–Kier alpha value is 0.200. The molecule has 0 atom stereocenters. The molecule has 0 aliphatic heterocycles. The smallest absolute Gasteiger partial charge is 0.232 e. The van der Waals surface area contributed by atoms with Gasteiger partial charge >= 0.3 is 0 Å². The summed E-state index contributed by atoms with van der Waals surface area (Å²) in [5.41, 5.74) is 0. The van der Waals surface area contributed by atoms with Crippen molar-refractivity contribution in [2.45, 2.75) is 18.9 Å². The van der Waals surface area contributed by atoms with E-state index in [9.17, 15) is 8.42 Å². The second-order valence-electron chi connectivity index (χ2n) is 2.90. The van der Waals surface area contributed by atoms with Crippen molar-refractivity contribution in [1.29, 1.82) is 0 Å². The molecule has 0 unspecified atom stereocenters. The molecule has 1 aliphatic rings. The molecule has 0 spiro atoms. The van der Waals surface area contributed by atoms with Crippen molar-refractivity contribution in [3.05, 3.63) is 0 Å². The molecular weight excluding hydrogens is 188 g/mol. The van der Waals surface area contributed by atoms with E-state index >= 15 is 0 Å². The highest BCUT2D eigenvalue weighted by molar-refractivity contribution is 8.13. The molecule has 0 heterocycles. The van der Waals surface area contributed by atoms with Gasteiger partial charge in [0, 0.05) is 17.8 Å². The molecule has 0 amide bonds. The second-order valence-corrected chi connectivity index (χ2v) is 5.72. The maximum Gasteiger partial charge on any atom is 0.232 e. The molecule has 0 aromatic carbocycles. The molecule has 11 heavy (non-hydrogen) atoms. The lowest BCUT2D eigenvalue weighted by Crippen LogP contribution is -2.33. The Kier molecular flexibility index (Phi) is 2.78. The van der Waals surface area contributed by atoms with E-state index < -0.39 is 9.05 Å². The molecule has 1 aliphatic carbocycles. The number of rotatable bonds is 3. The van der Waals surface area contributed by atoms with Gasteiger partial charge in [-0.25, -0.2) is 8.42 Å². The molecule has 0 N–H and O–H groups in total.